The fourth-order valence-electron chi connectivity index (χ4n) is 3.08. The number of sulfonamides is 1. The van der Waals surface area contributed by atoms with Gasteiger partial charge in [0.15, 0.2) is 5.75 Å². The molecule has 0 aliphatic rings. The molecule has 10 heteroatoms. The lowest BCUT2D eigenvalue weighted by molar-refractivity contribution is 0.102. The van der Waals surface area contributed by atoms with Crippen molar-refractivity contribution in [2.75, 3.05) is 10.0 Å². The molecule has 0 bridgehead atoms. The summed E-state index contributed by atoms with van der Waals surface area (Å²) in [6.07, 6.45) is 0. The maximum atomic E-state index is 14.7. The third-order valence-electron chi connectivity index (χ3n) is 4.74. The molecule has 4 aromatic carbocycles. The van der Waals surface area contributed by atoms with E-state index in [4.69, 9.17) is 27.9 Å². The number of halogens is 3. The number of benzene rings is 4. The van der Waals surface area contributed by atoms with E-state index in [9.17, 15) is 17.6 Å². The SMILES string of the molecule is O=C(Nc1ccc(S(=O)(=O)Nc2cc(Cl)ccc2Oc2ccccc2)cc1F)c1cccc(Cl)c1. The van der Waals surface area contributed by atoms with Crippen LogP contribution in [0.3, 0.4) is 0 Å². The Morgan fingerprint density at radius 1 is 0.800 bits per heavy atom. The predicted octanol–water partition coefficient (Wildman–Crippen LogP) is 6.98. The zero-order valence-electron chi connectivity index (χ0n) is 17.8. The first-order valence-corrected chi connectivity index (χ1v) is 12.4. The largest absolute Gasteiger partial charge is 0.455 e. The molecule has 0 aliphatic heterocycles. The van der Waals surface area contributed by atoms with Gasteiger partial charge in [0, 0.05) is 15.6 Å². The highest BCUT2D eigenvalue weighted by Crippen LogP contribution is 2.34. The van der Waals surface area contributed by atoms with E-state index in [0.717, 1.165) is 12.1 Å². The molecule has 0 saturated heterocycles. The Morgan fingerprint density at radius 3 is 2.26 bits per heavy atom. The van der Waals surface area contributed by atoms with Crippen molar-refractivity contribution in [1.82, 2.24) is 0 Å². The highest BCUT2D eigenvalue weighted by atomic mass is 35.5. The summed E-state index contributed by atoms with van der Waals surface area (Å²) in [6.45, 7) is 0. The van der Waals surface area contributed by atoms with Gasteiger partial charge in [-0.05, 0) is 66.7 Å². The van der Waals surface area contributed by atoms with E-state index in [1.807, 2.05) is 6.07 Å². The number of carbonyl (C=O) groups excluding carboxylic acids is 1. The molecule has 2 N–H and O–H groups in total. The van der Waals surface area contributed by atoms with Crippen LogP contribution in [0.1, 0.15) is 10.4 Å². The predicted molar refractivity (Wildman–Crippen MR) is 135 cm³/mol. The van der Waals surface area contributed by atoms with Gasteiger partial charge in [-0.2, -0.15) is 0 Å². The molecule has 6 nitrogen and oxygen atoms in total. The Morgan fingerprint density at radius 2 is 1.54 bits per heavy atom. The first-order valence-electron chi connectivity index (χ1n) is 10.1. The lowest BCUT2D eigenvalue weighted by Gasteiger charge is -2.14. The van der Waals surface area contributed by atoms with Crippen LogP contribution < -0.4 is 14.8 Å². The third-order valence-corrected chi connectivity index (χ3v) is 6.58. The Hall–Kier alpha value is -3.59. The summed E-state index contributed by atoms with van der Waals surface area (Å²) in [5.41, 5.74) is 0.104. The topological polar surface area (TPSA) is 84.5 Å². The molecule has 0 spiro atoms. The molecule has 0 saturated carbocycles. The van der Waals surface area contributed by atoms with Crippen molar-refractivity contribution in [1.29, 1.82) is 0 Å². The van der Waals surface area contributed by atoms with E-state index in [-0.39, 0.29) is 32.6 Å². The fraction of sp³-hybridized carbons (Fsp3) is 0. The molecule has 0 fully saturated rings. The van der Waals surface area contributed by atoms with E-state index in [1.54, 1.807) is 42.5 Å². The number of para-hydroxylation sites is 1. The monoisotopic (exact) mass is 530 g/mol. The van der Waals surface area contributed by atoms with Crippen LogP contribution in [-0.2, 0) is 10.0 Å². The zero-order valence-corrected chi connectivity index (χ0v) is 20.2. The lowest BCUT2D eigenvalue weighted by Crippen LogP contribution is -2.16. The molecule has 0 aliphatic carbocycles. The van der Waals surface area contributed by atoms with Crippen LogP contribution in [0.5, 0.6) is 11.5 Å². The molecule has 4 rings (SSSR count). The van der Waals surface area contributed by atoms with Crippen molar-refractivity contribution in [2.45, 2.75) is 4.90 Å². The second-order valence-electron chi connectivity index (χ2n) is 7.27. The molecular weight excluding hydrogens is 514 g/mol. The number of ether oxygens (including phenoxy) is 1. The van der Waals surface area contributed by atoms with Crippen LogP contribution in [0.15, 0.2) is 95.9 Å². The summed E-state index contributed by atoms with van der Waals surface area (Å²) in [5, 5.41) is 3.02. The van der Waals surface area contributed by atoms with Gasteiger partial charge in [-0.25, -0.2) is 12.8 Å². The molecule has 0 aromatic heterocycles. The van der Waals surface area contributed by atoms with E-state index < -0.39 is 21.7 Å². The van der Waals surface area contributed by atoms with Crippen molar-refractivity contribution in [2.24, 2.45) is 0 Å². The van der Waals surface area contributed by atoms with Gasteiger partial charge in [-0.1, -0.05) is 47.5 Å². The molecule has 0 radical (unpaired) electrons. The number of rotatable bonds is 7. The molecule has 4 aromatic rings. The Kier molecular flexibility index (Phi) is 7.25. The van der Waals surface area contributed by atoms with Crippen molar-refractivity contribution in [3.05, 3.63) is 112 Å². The van der Waals surface area contributed by atoms with E-state index >= 15 is 0 Å². The van der Waals surface area contributed by atoms with Crippen LogP contribution in [0.25, 0.3) is 0 Å². The average molecular weight is 531 g/mol. The van der Waals surface area contributed by atoms with Crippen LogP contribution >= 0.6 is 23.2 Å². The highest BCUT2D eigenvalue weighted by Gasteiger charge is 2.20. The second kappa shape index (κ2) is 10.4. The standard InChI is InChI=1S/C25H17Cl2FN2O4S/c26-17-6-4-5-16(13-17)25(31)29-22-11-10-20(15-21(22)28)35(32,33)30-23-14-18(27)9-12-24(23)34-19-7-2-1-3-8-19/h1-15,30H,(H,29,31). The molecule has 178 valence electrons. The Balaban J connectivity index is 1.56. The quantitative estimate of drug-likeness (QED) is 0.270. The van der Waals surface area contributed by atoms with Crippen molar-refractivity contribution in [3.63, 3.8) is 0 Å². The highest BCUT2D eigenvalue weighted by molar-refractivity contribution is 7.92. The molecule has 0 unspecified atom stereocenters. The molecule has 0 atom stereocenters. The van der Waals surface area contributed by atoms with E-state index in [2.05, 4.69) is 10.0 Å². The number of amides is 1. The van der Waals surface area contributed by atoms with Gasteiger partial charge in [0.2, 0.25) is 0 Å². The first-order chi connectivity index (χ1) is 16.7. The Bertz CT molecular complexity index is 1500. The summed E-state index contributed by atoms with van der Waals surface area (Å²) in [4.78, 5) is 12.0. The summed E-state index contributed by atoms with van der Waals surface area (Å²) in [6, 6.07) is 22.5. The number of hydrogen-bond donors (Lipinski definition) is 2. The fourth-order valence-corrected chi connectivity index (χ4v) is 4.51. The smallest absolute Gasteiger partial charge is 0.262 e. The van der Waals surface area contributed by atoms with Gasteiger partial charge in [0.05, 0.1) is 16.3 Å². The summed E-state index contributed by atoms with van der Waals surface area (Å²) >= 11 is 11.9. The summed E-state index contributed by atoms with van der Waals surface area (Å²) < 4.78 is 48.8. The Labute approximate surface area is 211 Å². The normalized spacial score (nSPS) is 11.1. The van der Waals surface area contributed by atoms with Gasteiger partial charge >= 0.3 is 0 Å². The maximum absolute atomic E-state index is 14.7. The zero-order chi connectivity index (χ0) is 25.0. The van der Waals surface area contributed by atoms with Gasteiger partial charge in [0.25, 0.3) is 15.9 Å². The number of hydrogen-bond acceptors (Lipinski definition) is 4. The van der Waals surface area contributed by atoms with Gasteiger partial charge in [-0.3, -0.25) is 9.52 Å². The summed E-state index contributed by atoms with van der Waals surface area (Å²) in [7, 11) is -4.23. The van der Waals surface area contributed by atoms with Crippen LogP contribution in [0.4, 0.5) is 15.8 Å². The van der Waals surface area contributed by atoms with Gasteiger partial charge in [0.1, 0.15) is 11.6 Å². The average Bonchev–Trinajstić information content (AvgIpc) is 2.82. The lowest BCUT2D eigenvalue weighted by atomic mass is 10.2. The molecule has 1 amide bonds. The minimum atomic E-state index is -4.23. The van der Waals surface area contributed by atoms with Crippen molar-refractivity contribution < 1.29 is 22.3 Å². The molecular formula is C25H17Cl2FN2O4S. The number of carbonyl (C=O) groups is 1. The first kappa shape index (κ1) is 24.5. The maximum Gasteiger partial charge on any atom is 0.262 e. The van der Waals surface area contributed by atoms with Crippen LogP contribution in [0, 0.1) is 5.82 Å². The minimum absolute atomic E-state index is 0.0695. The van der Waals surface area contributed by atoms with E-state index in [0.29, 0.717) is 10.8 Å². The van der Waals surface area contributed by atoms with Crippen molar-refractivity contribution >= 4 is 50.5 Å². The van der Waals surface area contributed by atoms with Gasteiger partial charge in [-0.15, -0.1) is 0 Å². The van der Waals surface area contributed by atoms with Gasteiger partial charge < -0.3 is 10.1 Å². The molecule has 0 heterocycles. The van der Waals surface area contributed by atoms with E-state index in [1.165, 1.54) is 30.3 Å². The number of nitrogens with one attached hydrogen (secondary N) is 2. The third kappa shape index (κ3) is 6.10. The number of anilines is 2. The van der Waals surface area contributed by atoms with Crippen LogP contribution in [-0.4, -0.2) is 14.3 Å². The van der Waals surface area contributed by atoms with Crippen LogP contribution in [0.2, 0.25) is 10.0 Å². The molecule has 35 heavy (non-hydrogen) atoms. The van der Waals surface area contributed by atoms with Crippen molar-refractivity contribution in [3.8, 4) is 11.5 Å². The second-order valence-corrected chi connectivity index (χ2v) is 9.82. The minimum Gasteiger partial charge on any atom is -0.455 e. The summed E-state index contributed by atoms with van der Waals surface area (Å²) in [5.74, 6) is -0.840.